The van der Waals surface area contributed by atoms with Crippen molar-refractivity contribution in [3.8, 4) is 0 Å². The van der Waals surface area contributed by atoms with Crippen molar-refractivity contribution < 1.29 is 52.2 Å². The molecule has 0 aromatic heterocycles. The smallest absolute Gasteiger partial charge is 0.283 e. The van der Waals surface area contributed by atoms with Gasteiger partial charge in [-0.2, -0.15) is 0 Å². The number of halogens is 2. The topological polar surface area (TPSA) is 125 Å². The van der Waals surface area contributed by atoms with Crippen LogP contribution in [0.1, 0.15) is 59.8 Å². The number of aliphatic hydroxyl groups is 2. The van der Waals surface area contributed by atoms with Crippen LogP contribution < -0.4 is 5.32 Å². The number of carbonyl (C=O) groups is 1. The Morgan fingerprint density at radius 1 is 1.24 bits per heavy atom. The van der Waals surface area contributed by atoms with Crippen molar-refractivity contribution in [1.29, 1.82) is 0 Å². The Balaban J connectivity index is 1.52. The van der Waals surface area contributed by atoms with Gasteiger partial charge >= 0.3 is 0 Å². The van der Waals surface area contributed by atoms with Crippen molar-refractivity contribution in [2.75, 3.05) is 13.9 Å². The van der Waals surface area contributed by atoms with E-state index in [1.165, 1.54) is 21.0 Å². The number of carbonyl (C=O) groups excluding carboxylic acids is 1. The normalized spacial score (nSPS) is 43.7. The number of nitrogens with one attached hydrogen (secondary N) is 1. The second kappa shape index (κ2) is 11.0. The average Bonchev–Trinajstić information content (AvgIpc) is 2.86. The lowest BCUT2D eigenvalue weighted by Crippen LogP contribution is -2.71. The van der Waals surface area contributed by atoms with Gasteiger partial charge in [-0.3, -0.25) is 4.79 Å². The van der Waals surface area contributed by atoms with Gasteiger partial charge in [0.25, 0.3) is 11.8 Å². The zero-order valence-corrected chi connectivity index (χ0v) is 22.7. The highest BCUT2D eigenvalue weighted by Crippen LogP contribution is 2.52. The molecule has 0 bridgehead atoms. The van der Waals surface area contributed by atoms with Crippen LogP contribution in [-0.4, -0.2) is 90.9 Å². The fraction of sp³-hybridized carbons (Fsp3) is 0.885. The number of hydrogen-bond donors (Lipinski definition) is 3. The van der Waals surface area contributed by atoms with E-state index in [1.54, 1.807) is 6.92 Å². The maximum Gasteiger partial charge on any atom is 0.283 e. The van der Waals surface area contributed by atoms with E-state index in [1.807, 2.05) is 6.92 Å². The van der Waals surface area contributed by atoms with Crippen molar-refractivity contribution in [3.05, 3.63) is 12.2 Å². The molecule has 4 heterocycles. The van der Waals surface area contributed by atoms with Gasteiger partial charge in [0.05, 0.1) is 23.7 Å². The number of aliphatic hydroxyl groups excluding tert-OH is 2. The number of methoxy groups -OCH3 is 1. The lowest BCUT2D eigenvalue weighted by molar-refractivity contribution is -0.373. The van der Waals surface area contributed by atoms with Gasteiger partial charge < -0.3 is 44.0 Å². The lowest BCUT2D eigenvalue weighted by atomic mass is 9.71. The molecule has 0 aliphatic carbocycles. The number of rotatable bonds is 6. The Morgan fingerprint density at radius 3 is 2.58 bits per heavy atom. The first-order chi connectivity index (χ1) is 17.7. The third-order valence-electron chi connectivity index (χ3n) is 8.74. The summed E-state index contributed by atoms with van der Waals surface area (Å²) in [5, 5.41) is 23.4. The molecule has 4 saturated heterocycles. The molecule has 12 heteroatoms. The standard InChI is InChI=1S/C26H41F2NO9/c1-13-11-25(33-6,38-15(3)14(13)2)20(31)22(32)29-23-19-21(34-12-35-23)26(27,28)24(4,5)17(37-19)10-16-8-7-9-18(30)36-16/h14-21,23,30-31H,1,7-12H2,2-6H3,(H,29,32)/t14-,15-,16?,17?,18?,19+,20-,21+,23?,25-/m1/s1. The number of hydrogen-bond acceptors (Lipinski definition) is 9. The predicted octanol–water partition coefficient (Wildman–Crippen LogP) is 2.21. The third kappa shape index (κ3) is 5.26. The zero-order chi connectivity index (χ0) is 28.0. The van der Waals surface area contributed by atoms with E-state index < -0.39 is 72.9 Å². The van der Waals surface area contributed by atoms with E-state index in [0.29, 0.717) is 19.3 Å². The molecule has 0 aromatic rings. The van der Waals surface area contributed by atoms with Crippen LogP contribution in [0.2, 0.25) is 0 Å². The van der Waals surface area contributed by atoms with Gasteiger partial charge in [0.2, 0.25) is 5.79 Å². The van der Waals surface area contributed by atoms with Crippen molar-refractivity contribution in [3.63, 3.8) is 0 Å². The van der Waals surface area contributed by atoms with E-state index in [9.17, 15) is 15.0 Å². The summed E-state index contributed by atoms with van der Waals surface area (Å²) in [6.07, 6.45) is -7.02. The number of amides is 1. The Bertz CT molecular complexity index is 889. The van der Waals surface area contributed by atoms with Gasteiger partial charge in [-0.1, -0.05) is 32.9 Å². The predicted molar refractivity (Wildman–Crippen MR) is 129 cm³/mol. The second-order valence-electron chi connectivity index (χ2n) is 11.5. The summed E-state index contributed by atoms with van der Waals surface area (Å²) in [5.41, 5.74) is -0.899. The molecule has 4 aliphatic heterocycles. The minimum Gasteiger partial charge on any atom is -0.378 e. The lowest BCUT2D eigenvalue weighted by Gasteiger charge is -2.55. The third-order valence-corrected chi connectivity index (χ3v) is 8.74. The summed E-state index contributed by atoms with van der Waals surface area (Å²) in [7, 11) is 1.31. The Hall–Kier alpha value is -1.25. The molecule has 4 aliphatic rings. The molecule has 1 amide bonds. The van der Waals surface area contributed by atoms with Crippen molar-refractivity contribution >= 4 is 5.91 Å². The molecule has 218 valence electrons. The van der Waals surface area contributed by atoms with E-state index in [-0.39, 0.29) is 24.9 Å². The highest BCUT2D eigenvalue weighted by Gasteiger charge is 2.67. The van der Waals surface area contributed by atoms with E-state index in [2.05, 4.69) is 11.9 Å². The van der Waals surface area contributed by atoms with Gasteiger partial charge in [0.1, 0.15) is 12.9 Å². The van der Waals surface area contributed by atoms with Crippen LogP contribution in [0, 0.1) is 11.3 Å². The quantitative estimate of drug-likeness (QED) is 0.428. The molecule has 0 saturated carbocycles. The summed E-state index contributed by atoms with van der Waals surface area (Å²) >= 11 is 0. The first-order valence-corrected chi connectivity index (χ1v) is 13.2. The molecular weight excluding hydrogens is 508 g/mol. The second-order valence-corrected chi connectivity index (χ2v) is 11.5. The summed E-state index contributed by atoms with van der Waals surface area (Å²) in [6, 6.07) is 0. The Labute approximate surface area is 221 Å². The van der Waals surface area contributed by atoms with E-state index in [0.717, 1.165) is 5.57 Å². The van der Waals surface area contributed by atoms with Crippen LogP contribution in [-0.2, 0) is 33.2 Å². The maximum absolute atomic E-state index is 15.8. The van der Waals surface area contributed by atoms with Crippen LogP contribution in [0.3, 0.4) is 0 Å². The monoisotopic (exact) mass is 549 g/mol. The largest absolute Gasteiger partial charge is 0.378 e. The zero-order valence-electron chi connectivity index (χ0n) is 22.7. The first kappa shape index (κ1) is 29.7. The van der Waals surface area contributed by atoms with Gasteiger partial charge in [0.15, 0.2) is 24.7 Å². The van der Waals surface area contributed by atoms with Gasteiger partial charge in [-0.05, 0) is 26.2 Å². The average molecular weight is 550 g/mol. The molecular formula is C26H41F2NO9. The maximum atomic E-state index is 15.8. The molecule has 38 heavy (non-hydrogen) atoms. The number of ether oxygens (including phenoxy) is 6. The number of alkyl halides is 2. The molecule has 0 aromatic carbocycles. The van der Waals surface area contributed by atoms with Crippen molar-refractivity contribution in [2.45, 2.75) is 121 Å². The summed E-state index contributed by atoms with van der Waals surface area (Å²) in [5.74, 6) is -6.00. The Morgan fingerprint density at radius 2 is 1.95 bits per heavy atom. The van der Waals surface area contributed by atoms with Gasteiger partial charge in [-0.25, -0.2) is 8.78 Å². The molecule has 10 nitrogen and oxygen atoms in total. The van der Waals surface area contributed by atoms with Crippen LogP contribution in [0.25, 0.3) is 0 Å². The molecule has 4 fully saturated rings. The molecule has 4 unspecified atom stereocenters. The van der Waals surface area contributed by atoms with Gasteiger partial charge in [0, 0.05) is 25.9 Å². The summed E-state index contributed by atoms with van der Waals surface area (Å²) in [4.78, 5) is 13.2. The van der Waals surface area contributed by atoms with Gasteiger partial charge in [-0.15, -0.1) is 0 Å². The van der Waals surface area contributed by atoms with E-state index in [4.69, 9.17) is 28.4 Å². The molecule has 10 atom stereocenters. The SMILES string of the molecule is C=C1C[C@](OC)([C@H](O)C(=O)NC2OCO[C@H]3[C@@H]2OC(CC2CCCC(O)O2)C(C)(C)C3(F)F)O[C@H](C)[C@@H]1C. The molecule has 4 rings (SSSR count). The fourth-order valence-corrected chi connectivity index (χ4v) is 5.77. The Kier molecular flexibility index (Phi) is 8.58. The van der Waals surface area contributed by atoms with Crippen LogP contribution in [0.15, 0.2) is 12.2 Å². The molecule has 0 radical (unpaired) electrons. The highest BCUT2D eigenvalue weighted by atomic mass is 19.3. The first-order valence-electron chi connectivity index (χ1n) is 13.2. The minimum absolute atomic E-state index is 0.0134. The molecule has 0 spiro atoms. The summed E-state index contributed by atoms with van der Waals surface area (Å²) in [6.45, 7) is 10.0. The van der Waals surface area contributed by atoms with Crippen LogP contribution in [0.4, 0.5) is 8.78 Å². The van der Waals surface area contributed by atoms with E-state index >= 15 is 8.78 Å². The van der Waals surface area contributed by atoms with Crippen LogP contribution in [0.5, 0.6) is 0 Å². The minimum atomic E-state index is -3.36. The molecule has 3 N–H and O–H groups in total. The number of fused-ring (bicyclic) bond motifs is 1. The fourth-order valence-electron chi connectivity index (χ4n) is 5.77. The van der Waals surface area contributed by atoms with Crippen molar-refractivity contribution in [1.82, 2.24) is 5.32 Å². The summed E-state index contributed by atoms with van der Waals surface area (Å²) < 4.78 is 65.6. The van der Waals surface area contributed by atoms with Crippen LogP contribution >= 0.6 is 0 Å². The van der Waals surface area contributed by atoms with Crippen molar-refractivity contribution in [2.24, 2.45) is 11.3 Å². The highest BCUT2D eigenvalue weighted by molar-refractivity contribution is 5.82.